The van der Waals surface area contributed by atoms with E-state index >= 15 is 0 Å². The van der Waals surface area contributed by atoms with E-state index in [1.807, 2.05) is 0 Å². The summed E-state index contributed by atoms with van der Waals surface area (Å²) in [5.41, 5.74) is 11.2. The highest BCUT2D eigenvalue weighted by Crippen LogP contribution is 2.49. The van der Waals surface area contributed by atoms with Crippen LogP contribution in [0, 0.1) is 0 Å². The van der Waals surface area contributed by atoms with Crippen LogP contribution in [0.5, 0.6) is 0 Å². The highest BCUT2D eigenvalue weighted by Gasteiger charge is 2.35. The molecule has 0 amide bonds. The van der Waals surface area contributed by atoms with E-state index in [1.54, 1.807) is 0 Å². The summed E-state index contributed by atoms with van der Waals surface area (Å²) >= 11 is 0. The first-order valence-corrected chi connectivity index (χ1v) is 10.6. The molecule has 144 valence electrons. The number of allylic oxidation sites excluding steroid dienone is 3. The smallest absolute Gasteiger partial charge is 0.0346 e. The van der Waals surface area contributed by atoms with Gasteiger partial charge >= 0.3 is 0 Å². The van der Waals surface area contributed by atoms with Crippen LogP contribution in [0.4, 0.5) is 5.69 Å². The van der Waals surface area contributed by atoms with E-state index in [1.165, 1.54) is 51.1 Å². The number of benzene rings is 3. The lowest BCUT2D eigenvalue weighted by atomic mass is 9.82. The zero-order chi connectivity index (χ0) is 19.8. The van der Waals surface area contributed by atoms with Gasteiger partial charge in [0.05, 0.1) is 0 Å². The fourth-order valence-corrected chi connectivity index (χ4v) is 4.87. The van der Waals surface area contributed by atoms with E-state index < -0.39 is 0 Å². The van der Waals surface area contributed by atoms with E-state index in [9.17, 15) is 0 Å². The molecule has 29 heavy (non-hydrogen) atoms. The number of hydrogen-bond acceptors (Lipinski definition) is 1. The second kappa shape index (κ2) is 7.08. The number of anilines is 1. The van der Waals surface area contributed by atoms with Crippen LogP contribution >= 0.6 is 0 Å². The molecule has 1 N–H and O–H groups in total. The molecule has 0 unspecified atom stereocenters. The van der Waals surface area contributed by atoms with Crippen LogP contribution in [0.25, 0.3) is 16.7 Å². The molecule has 3 aromatic rings. The van der Waals surface area contributed by atoms with Crippen LogP contribution in [0.3, 0.4) is 0 Å². The second-order valence-electron chi connectivity index (χ2n) is 8.59. The molecule has 2 aliphatic rings. The van der Waals surface area contributed by atoms with Crippen molar-refractivity contribution >= 4 is 11.3 Å². The van der Waals surface area contributed by atoms with Crippen molar-refractivity contribution in [2.45, 2.75) is 32.1 Å². The van der Waals surface area contributed by atoms with Crippen molar-refractivity contribution in [3.8, 4) is 11.1 Å². The van der Waals surface area contributed by atoms with Crippen LogP contribution in [-0.4, -0.2) is 6.54 Å². The van der Waals surface area contributed by atoms with Crippen LogP contribution in [0.1, 0.15) is 42.5 Å². The van der Waals surface area contributed by atoms with Gasteiger partial charge in [0.2, 0.25) is 0 Å². The van der Waals surface area contributed by atoms with Crippen LogP contribution in [0.2, 0.25) is 0 Å². The minimum Gasteiger partial charge on any atom is -0.382 e. The van der Waals surface area contributed by atoms with Gasteiger partial charge in [-0.15, -0.1) is 0 Å². The maximum Gasteiger partial charge on any atom is 0.0346 e. The highest BCUT2D eigenvalue weighted by atomic mass is 14.9. The lowest BCUT2D eigenvalue weighted by molar-refractivity contribution is 0.660. The van der Waals surface area contributed by atoms with Gasteiger partial charge in [-0.1, -0.05) is 86.7 Å². The molecule has 0 spiro atoms. The van der Waals surface area contributed by atoms with Gasteiger partial charge in [-0.25, -0.2) is 0 Å². The number of hydrogen-bond donors (Lipinski definition) is 1. The van der Waals surface area contributed by atoms with Crippen LogP contribution in [0.15, 0.2) is 85.0 Å². The van der Waals surface area contributed by atoms with Gasteiger partial charge in [-0.05, 0) is 63.9 Å². The lowest BCUT2D eigenvalue weighted by Gasteiger charge is -2.22. The third-order valence-electron chi connectivity index (χ3n) is 6.47. The van der Waals surface area contributed by atoms with Crippen molar-refractivity contribution in [1.82, 2.24) is 0 Å². The predicted molar refractivity (Wildman–Crippen MR) is 124 cm³/mol. The Morgan fingerprint density at radius 3 is 2.48 bits per heavy atom. The van der Waals surface area contributed by atoms with Gasteiger partial charge in [0.1, 0.15) is 0 Å². The van der Waals surface area contributed by atoms with Crippen molar-refractivity contribution in [3.05, 3.63) is 107 Å². The Bertz CT molecular complexity index is 1130. The normalized spacial score (nSPS) is 17.4. The standard InChI is InChI=1S/C28H27N/c1-28(2)26-13-6-5-12-24(26)25-17-16-22(19-27(25)28)29-18-8-7-10-21-15-14-20-9-3-4-11-23(20)21/h3-13,16-17,19,29H,14-15,18H2,1-2H3/b8-7-,21-10+. The third-order valence-corrected chi connectivity index (χ3v) is 6.47. The summed E-state index contributed by atoms with van der Waals surface area (Å²) in [6.45, 7) is 5.48. The summed E-state index contributed by atoms with van der Waals surface area (Å²) in [5, 5.41) is 3.57. The first-order valence-electron chi connectivity index (χ1n) is 10.6. The maximum absolute atomic E-state index is 3.57. The maximum atomic E-state index is 3.57. The van der Waals surface area contributed by atoms with Crippen molar-refractivity contribution in [3.63, 3.8) is 0 Å². The molecule has 0 bridgehead atoms. The SMILES string of the molecule is CC1(C)c2ccccc2-c2ccc(NC/C=C\C=C3/CCc4ccccc43)cc21. The fraction of sp³-hybridized carbons (Fsp3) is 0.214. The molecule has 1 heteroatoms. The molecule has 0 fully saturated rings. The topological polar surface area (TPSA) is 12.0 Å². The Labute approximate surface area is 173 Å². The van der Waals surface area contributed by atoms with E-state index in [0.29, 0.717) is 0 Å². The minimum atomic E-state index is 0.0553. The molecular formula is C28H27N. The monoisotopic (exact) mass is 377 g/mol. The molecule has 0 aliphatic heterocycles. The fourth-order valence-electron chi connectivity index (χ4n) is 4.87. The summed E-state index contributed by atoms with van der Waals surface area (Å²) in [5.74, 6) is 0. The molecule has 0 radical (unpaired) electrons. The average molecular weight is 378 g/mol. The lowest BCUT2D eigenvalue weighted by Crippen LogP contribution is -2.15. The predicted octanol–water partition coefficient (Wildman–Crippen LogP) is 6.99. The van der Waals surface area contributed by atoms with Gasteiger partial charge in [-0.3, -0.25) is 0 Å². The van der Waals surface area contributed by atoms with E-state index in [4.69, 9.17) is 0 Å². The molecule has 5 rings (SSSR count). The summed E-state index contributed by atoms with van der Waals surface area (Å²) in [6.07, 6.45) is 8.99. The molecule has 3 aromatic carbocycles. The first-order chi connectivity index (χ1) is 14.1. The van der Waals surface area contributed by atoms with Crippen molar-refractivity contribution in [1.29, 1.82) is 0 Å². The highest BCUT2D eigenvalue weighted by molar-refractivity contribution is 5.82. The molecule has 0 heterocycles. The largest absolute Gasteiger partial charge is 0.382 e. The molecule has 0 aromatic heterocycles. The van der Waals surface area contributed by atoms with Gasteiger partial charge in [0, 0.05) is 17.6 Å². The Hall–Kier alpha value is -3.06. The van der Waals surface area contributed by atoms with Crippen molar-refractivity contribution in [2.75, 3.05) is 11.9 Å². The van der Waals surface area contributed by atoms with E-state index in [0.717, 1.165) is 13.0 Å². The van der Waals surface area contributed by atoms with Crippen molar-refractivity contribution in [2.24, 2.45) is 0 Å². The van der Waals surface area contributed by atoms with Gasteiger partial charge < -0.3 is 5.32 Å². The Balaban J connectivity index is 1.28. The van der Waals surface area contributed by atoms with Crippen molar-refractivity contribution < 1.29 is 0 Å². The molecule has 0 saturated carbocycles. The second-order valence-corrected chi connectivity index (χ2v) is 8.59. The number of nitrogens with one attached hydrogen (secondary N) is 1. The first kappa shape index (κ1) is 18.0. The zero-order valence-corrected chi connectivity index (χ0v) is 17.2. The number of rotatable bonds is 4. The van der Waals surface area contributed by atoms with Gasteiger partial charge in [-0.2, -0.15) is 0 Å². The Morgan fingerprint density at radius 1 is 0.828 bits per heavy atom. The Kier molecular flexibility index (Phi) is 4.39. The average Bonchev–Trinajstić information content (AvgIpc) is 3.25. The molecule has 1 nitrogen and oxygen atoms in total. The summed E-state index contributed by atoms with van der Waals surface area (Å²) in [7, 11) is 0. The van der Waals surface area contributed by atoms with E-state index in [2.05, 4.69) is 104 Å². The molecule has 2 aliphatic carbocycles. The van der Waals surface area contributed by atoms with Gasteiger partial charge in [0.25, 0.3) is 0 Å². The zero-order valence-electron chi connectivity index (χ0n) is 17.2. The Morgan fingerprint density at radius 2 is 1.59 bits per heavy atom. The van der Waals surface area contributed by atoms with Crippen LogP contribution in [-0.2, 0) is 11.8 Å². The summed E-state index contributed by atoms with van der Waals surface area (Å²) in [4.78, 5) is 0. The quantitative estimate of drug-likeness (QED) is 0.516. The van der Waals surface area contributed by atoms with E-state index in [-0.39, 0.29) is 5.41 Å². The molecule has 0 saturated heterocycles. The molecule has 0 atom stereocenters. The molecular weight excluding hydrogens is 350 g/mol. The number of fused-ring (bicyclic) bond motifs is 4. The summed E-state index contributed by atoms with van der Waals surface area (Å²) < 4.78 is 0. The van der Waals surface area contributed by atoms with Gasteiger partial charge in [0.15, 0.2) is 0 Å². The summed E-state index contributed by atoms with van der Waals surface area (Å²) in [6, 6.07) is 24.4. The van der Waals surface area contributed by atoms with Crippen LogP contribution < -0.4 is 5.32 Å². The third kappa shape index (κ3) is 3.11. The minimum absolute atomic E-state index is 0.0553. The number of aryl methyl sites for hydroxylation is 1.